The van der Waals surface area contributed by atoms with Crippen LogP contribution in [-0.2, 0) is 0 Å². The van der Waals surface area contributed by atoms with Crippen LogP contribution < -0.4 is 4.48 Å². The average Bonchev–Trinajstić information content (AvgIpc) is 2.25. The molecule has 0 fully saturated rings. The fourth-order valence-electron chi connectivity index (χ4n) is 2.63. The molecule has 0 aliphatic carbocycles. The van der Waals surface area contributed by atoms with Crippen LogP contribution in [-0.4, -0.2) is 32.1 Å². The molecule has 80 valence electrons. The molecule has 3 rings (SSSR count). The van der Waals surface area contributed by atoms with E-state index in [4.69, 9.17) is 0 Å². The van der Waals surface area contributed by atoms with Crippen molar-refractivity contribution in [1.29, 1.82) is 0 Å². The molecule has 2 heteroatoms. The number of hydrogen-bond donors (Lipinski definition) is 0. The SMILES string of the molecule is C[N+]1=C[N+](C)(C)c2cccc3cccc1c23. The van der Waals surface area contributed by atoms with Crippen molar-refractivity contribution in [2.24, 2.45) is 0 Å². The average molecular weight is 212 g/mol. The summed E-state index contributed by atoms with van der Waals surface area (Å²) in [5.41, 5.74) is 2.66. The molecule has 1 aliphatic heterocycles. The van der Waals surface area contributed by atoms with Gasteiger partial charge < -0.3 is 0 Å². The third-order valence-electron chi connectivity index (χ3n) is 3.32. The van der Waals surface area contributed by atoms with Gasteiger partial charge in [-0.25, -0.2) is 4.48 Å². The van der Waals surface area contributed by atoms with Gasteiger partial charge in [0.15, 0.2) is 5.69 Å². The lowest BCUT2D eigenvalue weighted by molar-refractivity contribution is -0.403. The van der Waals surface area contributed by atoms with Gasteiger partial charge in [-0.1, -0.05) is 24.3 Å². The summed E-state index contributed by atoms with van der Waals surface area (Å²) in [5, 5.41) is 2.70. The summed E-state index contributed by atoms with van der Waals surface area (Å²) >= 11 is 0. The van der Waals surface area contributed by atoms with Crippen LogP contribution in [0.25, 0.3) is 10.8 Å². The smallest absolute Gasteiger partial charge is 0.215 e. The van der Waals surface area contributed by atoms with Crippen molar-refractivity contribution in [3.8, 4) is 0 Å². The van der Waals surface area contributed by atoms with E-state index in [9.17, 15) is 0 Å². The maximum absolute atomic E-state index is 2.23. The molecule has 1 heterocycles. The lowest BCUT2D eigenvalue weighted by Crippen LogP contribution is -2.43. The van der Waals surface area contributed by atoms with Crippen molar-refractivity contribution in [2.75, 3.05) is 21.1 Å². The Hall–Kier alpha value is -1.67. The van der Waals surface area contributed by atoms with Gasteiger partial charge >= 0.3 is 6.34 Å². The summed E-state index contributed by atoms with van der Waals surface area (Å²) in [7, 11) is 6.53. The highest BCUT2D eigenvalue weighted by Crippen LogP contribution is 2.37. The van der Waals surface area contributed by atoms with Crippen molar-refractivity contribution >= 4 is 28.5 Å². The number of rotatable bonds is 0. The monoisotopic (exact) mass is 212 g/mol. The quantitative estimate of drug-likeness (QED) is 0.466. The molecule has 16 heavy (non-hydrogen) atoms. The summed E-state index contributed by atoms with van der Waals surface area (Å²) in [6, 6.07) is 13.0. The third kappa shape index (κ3) is 1.14. The number of benzene rings is 2. The minimum absolute atomic E-state index is 0.796. The van der Waals surface area contributed by atoms with E-state index in [1.807, 2.05) is 0 Å². The van der Waals surface area contributed by atoms with Crippen molar-refractivity contribution in [3.05, 3.63) is 36.4 Å². The second-order valence-corrected chi connectivity index (χ2v) is 4.92. The van der Waals surface area contributed by atoms with Gasteiger partial charge in [-0.05, 0) is 5.39 Å². The molecular formula is C14H16N2+2. The fraction of sp³-hybridized carbons (Fsp3) is 0.214. The zero-order valence-electron chi connectivity index (χ0n) is 9.94. The van der Waals surface area contributed by atoms with Gasteiger partial charge in [-0.3, -0.25) is 0 Å². The van der Waals surface area contributed by atoms with Crippen molar-refractivity contribution in [3.63, 3.8) is 0 Å². The maximum Gasteiger partial charge on any atom is 0.336 e. The van der Waals surface area contributed by atoms with E-state index in [0.717, 1.165) is 4.48 Å². The molecule has 0 bridgehead atoms. The first-order chi connectivity index (χ1) is 7.59. The van der Waals surface area contributed by atoms with Gasteiger partial charge in [-0.2, -0.15) is 4.58 Å². The molecule has 0 amide bonds. The Bertz CT molecular complexity index is 604. The summed E-state index contributed by atoms with van der Waals surface area (Å²) in [4.78, 5) is 0. The predicted molar refractivity (Wildman–Crippen MR) is 69.5 cm³/mol. The Morgan fingerprint density at radius 2 is 1.69 bits per heavy atom. The largest absolute Gasteiger partial charge is 0.336 e. The molecule has 0 unspecified atom stereocenters. The summed E-state index contributed by atoms with van der Waals surface area (Å²) < 4.78 is 3.01. The van der Waals surface area contributed by atoms with Crippen LogP contribution in [0.15, 0.2) is 36.4 Å². The molecule has 2 aromatic rings. The summed E-state index contributed by atoms with van der Waals surface area (Å²) in [5.74, 6) is 0. The zero-order valence-corrected chi connectivity index (χ0v) is 9.94. The predicted octanol–water partition coefficient (Wildman–Crippen LogP) is 2.72. The molecule has 2 nitrogen and oxygen atoms in total. The van der Waals surface area contributed by atoms with Crippen molar-refractivity contribution < 1.29 is 4.58 Å². The van der Waals surface area contributed by atoms with Gasteiger partial charge in [0.05, 0.1) is 14.1 Å². The van der Waals surface area contributed by atoms with E-state index in [1.54, 1.807) is 0 Å². The van der Waals surface area contributed by atoms with Crippen molar-refractivity contribution in [1.82, 2.24) is 4.48 Å². The van der Waals surface area contributed by atoms with Crippen LogP contribution in [0.4, 0.5) is 11.4 Å². The van der Waals surface area contributed by atoms with E-state index >= 15 is 0 Å². The summed E-state index contributed by atoms with van der Waals surface area (Å²) in [6.07, 6.45) is 2.23. The number of hydrogen-bond acceptors (Lipinski definition) is 0. The van der Waals surface area contributed by atoms with E-state index in [0.29, 0.717) is 0 Å². The molecule has 2 aromatic carbocycles. The van der Waals surface area contributed by atoms with Crippen LogP contribution in [0, 0.1) is 0 Å². The highest BCUT2D eigenvalue weighted by atomic mass is 15.4. The van der Waals surface area contributed by atoms with Crippen LogP contribution in [0.3, 0.4) is 0 Å². The van der Waals surface area contributed by atoms with E-state index in [-0.39, 0.29) is 0 Å². The van der Waals surface area contributed by atoms with E-state index in [1.165, 1.54) is 22.1 Å². The molecule has 1 aliphatic rings. The standard InChI is InChI=1S/C14H16N2/c1-15-10-16(2,3)13-9-5-7-11-6-4-8-12(15)14(11)13/h4-10H,1-3H3/q+2. The normalized spacial score (nSPS) is 17.3. The Balaban J connectivity index is 2.54. The Morgan fingerprint density at radius 3 is 2.44 bits per heavy atom. The molecule has 0 saturated carbocycles. The van der Waals surface area contributed by atoms with Gasteiger partial charge in [-0.15, -0.1) is 0 Å². The molecule has 0 N–H and O–H groups in total. The summed E-state index contributed by atoms with van der Waals surface area (Å²) in [6.45, 7) is 0. The Kier molecular flexibility index (Phi) is 1.74. The molecule has 0 radical (unpaired) electrons. The number of quaternary nitrogens is 1. The minimum Gasteiger partial charge on any atom is -0.215 e. The topological polar surface area (TPSA) is 3.01 Å². The highest BCUT2D eigenvalue weighted by Gasteiger charge is 2.32. The van der Waals surface area contributed by atoms with Gasteiger partial charge in [0.25, 0.3) is 0 Å². The van der Waals surface area contributed by atoms with Crippen LogP contribution >= 0.6 is 0 Å². The van der Waals surface area contributed by atoms with Crippen LogP contribution in [0.5, 0.6) is 0 Å². The number of nitrogens with zero attached hydrogens (tertiary/aromatic N) is 2. The first-order valence-corrected chi connectivity index (χ1v) is 5.54. The molecule has 0 aromatic heterocycles. The Morgan fingerprint density at radius 1 is 1.00 bits per heavy atom. The first-order valence-electron chi connectivity index (χ1n) is 5.54. The lowest BCUT2D eigenvalue weighted by Gasteiger charge is -2.26. The first kappa shape index (κ1) is 9.55. The van der Waals surface area contributed by atoms with Crippen LogP contribution in [0.2, 0.25) is 0 Å². The second-order valence-electron chi connectivity index (χ2n) is 4.92. The van der Waals surface area contributed by atoms with Gasteiger partial charge in [0, 0.05) is 12.1 Å². The minimum atomic E-state index is 0.796. The van der Waals surface area contributed by atoms with Crippen LogP contribution in [0.1, 0.15) is 0 Å². The molecule has 0 saturated heterocycles. The second kappa shape index (κ2) is 2.92. The third-order valence-corrected chi connectivity index (χ3v) is 3.32. The fourth-order valence-corrected chi connectivity index (χ4v) is 2.63. The molecular weight excluding hydrogens is 196 g/mol. The Labute approximate surface area is 95.6 Å². The molecule has 0 atom stereocenters. The van der Waals surface area contributed by atoms with Gasteiger partial charge in [0.1, 0.15) is 12.4 Å². The van der Waals surface area contributed by atoms with E-state index < -0.39 is 0 Å². The zero-order chi connectivity index (χ0) is 11.3. The van der Waals surface area contributed by atoms with E-state index in [2.05, 4.69) is 68.5 Å². The highest BCUT2D eigenvalue weighted by molar-refractivity contribution is 6.04. The van der Waals surface area contributed by atoms with Crippen molar-refractivity contribution in [2.45, 2.75) is 0 Å². The van der Waals surface area contributed by atoms with Gasteiger partial charge in [0.2, 0.25) is 5.69 Å². The lowest BCUT2D eigenvalue weighted by atomic mass is 10.0. The maximum atomic E-state index is 2.23. The molecule has 0 spiro atoms.